The number of carbonyl (C=O) groups excluding carboxylic acids is 2. The molecular weight excluding hydrogens is 296 g/mol. The first-order valence-corrected chi connectivity index (χ1v) is 7.57. The number of likely N-dealkylation sites (tertiary alicyclic amines) is 1. The van der Waals surface area contributed by atoms with E-state index in [1.807, 2.05) is 22.9 Å². The van der Waals surface area contributed by atoms with Gasteiger partial charge in [-0.05, 0) is 24.3 Å². The Morgan fingerprint density at radius 1 is 1.26 bits per heavy atom. The molecule has 0 bridgehead atoms. The number of benzene rings is 1. The van der Waals surface area contributed by atoms with Gasteiger partial charge >= 0.3 is 0 Å². The van der Waals surface area contributed by atoms with Gasteiger partial charge in [0.15, 0.2) is 0 Å². The molecular formula is C16H20N4O3. The first-order chi connectivity index (χ1) is 11.0. The quantitative estimate of drug-likeness (QED) is 0.726. The van der Waals surface area contributed by atoms with Gasteiger partial charge in [0.1, 0.15) is 0 Å². The molecule has 1 aromatic heterocycles. The first-order valence-electron chi connectivity index (χ1n) is 7.57. The Hall–Kier alpha value is -2.38. The van der Waals surface area contributed by atoms with Crippen LogP contribution in [0.25, 0.3) is 10.9 Å². The Morgan fingerprint density at radius 3 is 2.74 bits per heavy atom. The Labute approximate surface area is 133 Å². The number of hydrogen-bond acceptors (Lipinski definition) is 4. The van der Waals surface area contributed by atoms with Crippen LogP contribution in [0.15, 0.2) is 30.5 Å². The number of primary amides is 1. The number of nitrogens with two attached hydrogens (primary N) is 2. The molecule has 122 valence electrons. The molecule has 0 aliphatic carbocycles. The number of carbonyl (C=O) groups is 2. The fourth-order valence-electron chi connectivity index (χ4n) is 3.13. The molecule has 1 aromatic carbocycles. The summed E-state index contributed by atoms with van der Waals surface area (Å²) in [4.78, 5) is 24.9. The van der Waals surface area contributed by atoms with Gasteiger partial charge in [-0.1, -0.05) is 0 Å². The van der Waals surface area contributed by atoms with Crippen LogP contribution in [0.4, 0.5) is 0 Å². The van der Waals surface area contributed by atoms with E-state index in [-0.39, 0.29) is 18.4 Å². The molecule has 0 saturated carbocycles. The van der Waals surface area contributed by atoms with E-state index in [4.69, 9.17) is 11.5 Å². The van der Waals surface area contributed by atoms with Crippen molar-refractivity contribution in [2.75, 3.05) is 19.6 Å². The Bertz CT molecular complexity index is 755. The Kier molecular flexibility index (Phi) is 4.06. The predicted octanol–water partition coefficient (Wildman–Crippen LogP) is -0.167. The highest BCUT2D eigenvalue weighted by atomic mass is 16.3. The van der Waals surface area contributed by atoms with Crippen molar-refractivity contribution in [2.24, 2.45) is 11.5 Å². The van der Waals surface area contributed by atoms with Crippen LogP contribution in [-0.2, 0) is 4.79 Å². The molecule has 0 radical (unpaired) electrons. The van der Waals surface area contributed by atoms with Crippen molar-refractivity contribution in [1.29, 1.82) is 0 Å². The van der Waals surface area contributed by atoms with E-state index < -0.39 is 12.0 Å². The first kappa shape index (κ1) is 15.5. The lowest BCUT2D eigenvalue weighted by Gasteiger charge is -2.18. The monoisotopic (exact) mass is 316 g/mol. The average molecular weight is 316 g/mol. The summed E-state index contributed by atoms with van der Waals surface area (Å²) in [5, 5.41) is 11.2. The minimum Gasteiger partial charge on any atom is -0.389 e. The van der Waals surface area contributed by atoms with Gasteiger partial charge in [0.25, 0.3) is 0 Å². The van der Waals surface area contributed by atoms with Crippen molar-refractivity contribution in [1.82, 2.24) is 9.47 Å². The van der Waals surface area contributed by atoms with Crippen LogP contribution in [0, 0.1) is 0 Å². The van der Waals surface area contributed by atoms with Crippen molar-refractivity contribution < 1.29 is 14.7 Å². The standard InChI is InChI=1S/C16H20N4O3/c17-5-3-15(22)19-8-13(14(21)9-19)20-6-4-10-7-11(16(18)23)1-2-12(10)20/h1-2,4,6-7,13-14,21H,3,5,8-9,17H2,(H2,18,23)/t13-,14-/m1/s1. The number of fused-ring (bicyclic) bond motifs is 1. The van der Waals surface area contributed by atoms with Crippen molar-refractivity contribution in [3.05, 3.63) is 36.0 Å². The Morgan fingerprint density at radius 2 is 2.04 bits per heavy atom. The van der Waals surface area contributed by atoms with E-state index in [2.05, 4.69) is 0 Å². The third-order valence-electron chi connectivity index (χ3n) is 4.33. The van der Waals surface area contributed by atoms with Crippen LogP contribution in [-0.4, -0.2) is 52.1 Å². The Balaban J connectivity index is 1.88. The van der Waals surface area contributed by atoms with Crippen LogP contribution in [0.3, 0.4) is 0 Å². The molecule has 3 rings (SSSR count). The van der Waals surface area contributed by atoms with Crippen LogP contribution in [0.5, 0.6) is 0 Å². The second-order valence-electron chi connectivity index (χ2n) is 5.83. The number of β-amino-alcohol motifs (C(OH)–C–C–N with tert-alkyl or cyclic N) is 1. The van der Waals surface area contributed by atoms with E-state index in [0.29, 0.717) is 25.2 Å². The molecule has 2 heterocycles. The average Bonchev–Trinajstić information content (AvgIpc) is 3.10. The maximum Gasteiger partial charge on any atom is 0.248 e. The fraction of sp³-hybridized carbons (Fsp3) is 0.375. The largest absolute Gasteiger partial charge is 0.389 e. The SMILES string of the molecule is NCCC(=O)N1C[C@@H](O)[C@H](n2ccc3cc(C(N)=O)ccc32)C1. The molecule has 23 heavy (non-hydrogen) atoms. The lowest BCUT2D eigenvalue weighted by atomic mass is 10.1. The van der Waals surface area contributed by atoms with Crippen LogP contribution >= 0.6 is 0 Å². The zero-order valence-electron chi connectivity index (χ0n) is 12.7. The summed E-state index contributed by atoms with van der Waals surface area (Å²) in [7, 11) is 0. The van der Waals surface area contributed by atoms with Crippen molar-refractivity contribution in [2.45, 2.75) is 18.6 Å². The number of amides is 2. The predicted molar refractivity (Wildman–Crippen MR) is 85.8 cm³/mol. The normalized spacial score (nSPS) is 21.0. The number of aliphatic hydroxyl groups excluding tert-OH is 1. The van der Waals surface area contributed by atoms with Gasteiger partial charge in [-0.3, -0.25) is 9.59 Å². The number of nitrogens with zero attached hydrogens (tertiary/aromatic N) is 2. The van der Waals surface area contributed by atoms with Gasteiger partial charge in [-0.25, -0.2) is 0 Å². The lowest BCUT2D eigenvalue weighted by Crippen LogP contribution is -2.31. The van der Waals surface area contributed by atoms with Crippen molar-refractivity contribution >= 4 is 22.7 Å². The highest BCUT2D eigenvalue weighted by Gasteiger charge is 2.35. The van der Waals surface area contributed by atoms with Gasteiger partial charge in [0, 0.05) is 48.7 Å². The van der Waals surface area contributed by atoms with Crippen molar-refractivity contribution in [3.8, 4) is 0 Å². The molecule has 2 amide bonds. The molecule has 7 nitrogen and oxygen atoms in total. The van der Waals surface area contributed by atoms with Gasteiger partial charge in [-0.2, -0.15) is 0 Å². The molecule has 1 aliphatic heterocycles. The summed E-state index contributed by atoms with van der Waals surface area (Å²) in [5.74, 6) is -0.513. The van der Waals surface area contributed by atoms with Gasteiger partial charge < -0.3 is 26.0 Å². The van der Waals surface area contributed by atoms with E-state index in [9.17, 15) is 14.7 Å². The minimum absolute atomic E-state index is 0.0403. The second kappa shape index (κ2) is 6.02. The highest BCUT2D eigenvalue weighted by Crippen LogP contribution is 2.28. The molecule has 1 aliphatic rings. The molecule has 2 aromatic rings. The summed E-state index contributed by atoms with van der Waals surface area (Å²) < 4.78 is 1.94. The van der Waals surface area contributed by atoms with E-state index in [0.717, 1.165) is 10.9 Å². The van der Waals surface area contributed by atoms with Crippen molar-refractivity contribution in [3.63, 3.8) is 0 Å². The number of aromatic nitrogens is 1. The molecule has 5 N–H and O–H groups in total. The summed E-state index contributed by atoms with van der Waals surface area (Å²) in [6, 6.07) is 6.87. The smallest absolute Gasteiger partial charge is 0.248 e. The highest BCUT2D eigenvalue weighted by molar-refractivity contribution is 5.97. The fourth-order valence-corrected chi connectivity index (χ4v) is 3.13. The lowest BCUT2D eigenvalue weighted by molar-refractivity contribution is -0.130. The molecule has 0 spiro atoms. The minimum atomic E-state index is -0.636. The zero-order valence-corrected chi connectivity index (χ0v) is 12.7. The maximum atomic E-state index is 12.0. The molecule has 2 atom stereocenters. The van der Waals surface area contributed by atoms with Crippen LogP contribution < -0.4 is 11.5 Å². The van der Waals surface area contributed by atoms with Gasteiger partial charge in [0.2, 0.25) is 11.8 Å². The van der Waals surface area contributed by atoms with E-state index in [1.165, 1.54) is 0 Å². The summed E-state index contributed by atoms with van der Waals surface area (Å²) >= 11 is 0. The molecule has 1 saturated heterocycles. The molecule has 7 heteroatoms. The van der Waals surface area contributed by atoms with Crippen LogP contribution in [0.2, 0.25) is 0 Å². The topological polar surface area (TPSA) is 115 Å². The van der Waals surface area contributed by atoms with Gasteiger partial charge in [0.05, 0.1) is 12.1 Å². The third kappa shape index (κ3) is 2.80. The number of aliphatic hydroxyl groups is 1. The third-order valence-corrected chi connectivity index (χ3v) is 4.33. The maximum absolute atomic E-state index is 12.0. The summed E-state index contributed by atoms with van der Waals surface area (Å²) in [6.45, 7) is 1.06. The summed E-state index contributed by atoms with van der Waals surface area (Å²) in [6.07, 6.45) is 1.51. The number of hydrogen-bond donors (Lipinski definition) is 3. The van der Waals surface area contributed by atoms with Gasteiger partial charge in [-0.15, -0.1) is 0 Å². The number of rotatable bonds is 4. The second-order valence-corrected chi connectivity index (χ2v) is 5.83. The molecule has 1 fully saturated rings. The summed E-state index contributed by atoms with van der Waals surface area (Å²) in [5.41, 5.74) is 12.1. The van der Waals surface area contributed by atoms with E-state index >= 15 is 0 Å². The molecule has 0 unspecified atom stereocenters. The zero-order chi connectivity index (χ0) is 16.6. The van der Waals surface area contributed by atoms with E-state index in [1.54, 1.807) is 17.0 Å². The van der Waals surface area contributed by atoms with Crippen LogP contribution in [0.1, 0.15) is 22.8 Å².